The van der Waals surface area contributed by atoms with Crippen LogP contribution in [0.5, 0.6) is 0 Å². The fraction of sp³-hybridized carbons (Fsp3) is 0.957. The summed E-state index contributed by atoms with van der Waals surface area (Å²) in [6.07, 6.45) is 8.51. The molecule has 0 aromatic rings. The molecule has 4 rings (SSSR count). The molecule has 2 heteroatoms. The van der Waals surface area contributed by atoms with Gasteiger partial charge in [-0.25, -0.2) is 0 Å². The van der Waals surface area contributed by atoms with Gasteiger partial charge in [-0.05, 0) is 86.9 Å². The van der Waals surface area contributed by atoms with Gasteiger partial charge >= 0.3 is 5.97 Å². The molecule has 1 atom stereocenters. The van der Waals surface area contributed by atoms with Crippen LogP contribution in [0.3, 0.4) is 0 Å². The Bertz CT molecular complexity index is 485. The summed E-state index contributed by atoms with van der Waals surface area (Å²) in [5.74, 6) is 3.42. The zero-order valence-electron chi connectivity index (χ0n) is 17.7. The molecule has 0 N–H and O–H groups in total. The lowest BCUT2D eigenvalue weighted by Crippen LogP contribution is -2.60. The fourth-order valence-corrected chi connectivity index (χ4v) is 6.70. The molecule has 1 unspecified atom stereocenters. The number of carbonyl (C=O) groups is 1. The summed E-state index contributed by atoms with van der Waals surface area (Å²) in [5.41, 5.74) is -0.435. The minimum atomic E-state index is -0.394. The highest BCUT2D eigenvalue weighted by Gasteiger charge is 2.59. The van der Waals surface area contributed by atoms with Crippen LogP contribution in [0, 0.1) is 40.4 Å². The average Bonchev–Trinajstić information content (AvgIpc) is 2.48. The Labute approximate surface area is 155 Å². The fourth-order valence-electron chi connectivity index (χ4n) is 6.70. The molecule has 4 bridgehead atoms. The van der Waals surface area contributed by atoms with Crippen molar-refractivity contribution in [2.75, 3.05) is 0 Å². The first-order valence-electron chi connectivity index (χ1n) is 10.7. The predicted octanol–water partition coefficient (Wildman–Crippen LogP) is 6.23. The number of esters is 1. The third-order valence-corrected chi connectivity index (χ3v) is 7.99. The number of hydrogen-bond acceptors (Lipinski definition) is 2. The molecule has 2 nitrogen and oxygen atoms in total. The Balaban J connectivity index is 1.84. The van der Waals surface area contributed by atoms with E-state index in [0.717, 1.165) is 24.7 Å². The zero-order chi connectivity index (χ0) is 18.6. The molecule has 0 radical (unpaired) electrons. The summed E-state index contributed by atoms with van der Waals surface area (Å²) in [5, 5.41) is 0. The predicted molar refractivity (Wildman–Crippen MR) is 103 cm³/mol. The van der Waals surface area contributed by atoms with Gasteiger partial charge in [0.15, 0.2) is 0 Å². The van der Waals surface area contributed by atoms with Crippen molar-refractivity contribution >= 4 is 5.97 Å². The van der Waals surface area contributed by atoms with Crippen LogP contribution < -0.4 is 0 Å². The smallest absolute Gasteiger partial charge is 0.312 e. The van der Waals surface area contributed by atoms with Crippen molar-refractivity contribution in [3.8, 4) is 0 Å². The molecule has 0 heterocycles. The topological polar surface area (TPSA) is 26.3 Å². The van der Waals surface area contributed by atoms with E-state index in [1.165, 1.54) is 32.1 Å². The molecule has 0 spiro atoms. The zero-order valence-corrected chi connectivity index (χ0v) is 17.7. The summed E-state index contributed by atoms with van der Waals surface area (Å²) < 4.78 is 6.60. The van der Waals surface area contributed by atoms with E-state index in [1.807, 2.05) is 0 Å². The Morgan fingerprint density at radius 3 is 1.84 bits per heavy atom. The quantitative estimate of drug-likeness (QED) is 0.550. The van der Waals surface area contributed by atoms with Crippen molar-refractivity contribution in [1.29, 1.82) is 0 Å². The van der Waals surface area contributed by atoms with E-state index >= 15 is 0 Å². The number of carbonyl (C=O) groups excluding carboxylic acids is 1. The van der Waals surface area contributed by atoms with Crippen molar-refractivity contribution in [2.45, 2.75) is 99.0 Å². The van der Waals surface area contributed by atoms with Crippen LogP contribution in [0.2, 0.25) is 0 Å². The molecule has 0 amide bonds. The molecule has 0 aliphatic heterocycles. The van der Waals surface area contributed by atoms with E-state index in [9.17, 15) is 4.79 Å². The van der Waals surface area contributed by atoms with Gasteiger partial charge in [0.05, 0.1) is 5.41 Å². The summed E-state index contributed by atoms with van der Waals surface area (Å²) >= 11 is 0. The maximum absolute atomic E-state index is 13.5. The Hall–Kier alpha value is -0.530. The van der Waals surface area contributed by atoms with Crippen LogP contribution >= 0.6 is 0 Å². The molecule has 4 aliphatic carbocycles. The molecular weight excluding hydrogens is 308 g/mol. The molecule has 0 aromatic heterocycles. The van der Waals surface area contributed by atoms with Gasteiger partial charge in [0.1, 0.15) is 5.60 Å². The van der Waals surface area contributed by atoms with Gasteiger partial charge < -0.3 is 4.74 Å². The van der Waals surface area contributed by atoms with Crippen molar-refractivity contribution < 1.29 is 9.53 Å². The third kappa shape index (κ3) is 3.28. The Morgan fingerprint density at radius 1 is 1.00 bits per heavy atom. The van der Waals surface area contributed by atoms with Gasteiger partial charge in [0, 0.05) is 0 Å². The first-order chi connectivity index (χ1) is 11.5. The van der Waals surface area contributed by atoms with Crippen molar-refractivity contribution in [2.24, 2.45) is 40.4 Å². The van der Waals surface area contributed by atoms with Gasteiger partial charge in [-0.1, -0.05) is 41.5 Å². The van der Waals surface area contributed by atoms with E-state index in [1.54, 1.807) is 0 Å². The maximum atomic E-state index is 13.5. The normalized spacial score (nSPS) is 39.5. The summed E-state index contributed by atoms with van der Waals surface area (Å²) in [6, 6.07) is 0. The Morgan fingerprint density at radius 2 is 1.48 bits per heavy atom. The molecule has 4 saturated carbocycles. The van der Waals surface area contributed by atoms with Crippen LogP contribution in [0.1, 0.15) is 93.4 Å². The summed E-state index contributed by atoms with van der Waals surface area (Å²) in [4.78, 5) is 13.5. The summed E-state index contributed by atoms with van der Waals surface area (Å²) in [6.45, 7) is 15.5. The molecule has 0 saturated heterocycles. The first-order valence-corrected chi connectivity index (χ1v) is 10.7. The van der Waals surface area contributed by atoms with E-state index in [0.29, 0.717) is 17.8 Å². The lowest BCUT2D eigenvalue weighted by atomic mass is 9.49. The molecule has 4 aliphatic rings. The molecular formula is C23H40O2. The molecule has 25 heavy (non-hydrogen) atoms. The van der Waals surface area contributed by atoms with Gasteiger partial charge in [-0.15, -0.1) is 0 Å². The lowest BCUT2D eigenvalue weighted by Gasteiger charge is -2.60. The highest BCUT2D eigenvalue weighted by molar-refractivity contribution is 5.77. The minimum absolute atomic E-state index is 0.0757. The second-order valence-electron chi connectivity index (χ2n) is 11.3. The van der Waals surface area contributed by atoms with E-state index < -0.39 is 5.41 Å². The minimum Gasteiger partial charge on any atom is -0.458 e. The van der Waals surface area contributed by atoms with Crippen LogP contribution in [0.15, 0.2) is 0 Å². The van der Waals surface area contributed by atoms with Crippen LogP contribution in [0.4, 0.5) is 0 Å². The van der Waals surface area contributed by atoms with Crippen molar-refractivity contribution in [3.63, 3.8) is 0 Å². The average molecular weight is 349 g/mol. The standard InChI is InChI=1S/C23H40O2/c1-8-23(18-10-16-9-17(12-18)13-19(23)11-16)25-20(24)22(7,15(2)3)14-21(4,5)6/h15-19H,8-14H2,1-7H3. The van der Waals surface area contributed by atoms with E-state index in [2.05, 4.69) is 48.5 Å². The van der Waals surface area contributed by atoms with Gasteiger partial charge in [-0.2, -0.15) is 0 Å². The third-order valence-electron chi connectivity index (χ3n) is 7.99. The van der Waals surface area contributed by atoms with Gasteiger partial charge in [-0.3, -0.25) is 4.79 Å². The van der Waals surface area contributed by atoms with Crippen LogP contribution in [0.25, 0.3) is 0 Å². The number of hydrogen-bond donors (Lipinski definition) is 0. The second-order valence-corrected chi connectivity index (χ2v) is 11.3. The SMILES string of the molecule is CCC1(OC(=O)C(C)(CC(C)(C)C)C(C)C)C2CC3CC(C2)CC1C3. The van der Waals surface area contributed by atoms with Gasteiger partial charge in [0.25, 0.3) is 0 Å². The van der Waals surface area contributed by atoms with Crippen LogP contribution in [-0.4, -0.2) is 11.6 Å². The van der Waals surface area contributed by atoms with Crippen LogP contribution in [-0.2, 0) is 9.53 Å². The van der Waals surface area contributed by atoms with Crippen molar-refractivity contribution in [1.82, 2.24) is 0 Å². The summed E-state index contributed by atoms with van der Waals surface area (Å²) in [7, 11) is 0. The van der Waals surface area contributed by atoms with Gasteiger partial charge in [0.2, 0.25) is 0 Å². The number of rotatable bonds is 5. The molecule has 144 valence electrons. The molecule has 0 aromatic carbocycles. The van der Waals surface area contributed by atoms with E-state index in [-0.39, 0.29) is 17.0 Å². The maximum Gasteiger partial charge on any atom is 0.312 e. The van der Waals surface area contributed by atoms with E-state index in [4.69, 9.17) is 4.74 Å². The highest BCUT2D eigenvalue weighted by Crippen LogP contribution is 2.61. The Kier molecular flexibility index (Phi) is 4.83. The first kappa shape index (κ1) is 19.2. The largest absolute Gasteiger partial charge is 0.458 e. The second kappa shape index (κ2) is 6.27. The highest BCUT2D eigenvalue weighted by atomic mass is 16.6. The molecule has 4 fully saturated rings. The monoisotopic (exact) mass is 348 g/mol. The lowest BCUT2D eigenvalue weighted by molar-refractivity contribution is -0.222. The van der Waals surface area contributed by atoms with Crippen molar-refractivity contribution in [3.05, 3.63) is 0 Å². The number of ether oxygens (including phenoxy) is 1.